The van der Waals surface area contributed by atoms with Crippen molar-refractivity contribution < 1.29 is 14.1 Å². The summed E-state index contributed by atoms with van der Waals surface area (Å²) >= 11 is 0. The minimum Gasteiger partial charge on any atom is -0.368 e. The number of aromatic amines is 1. The SMILES string of the molecule is CC(=O)Nc1cc(N2CCCC(c3cc4ccccc4[nH]3)C2)c(F)cc1[N+](=O)[O-]. The molecule has 2 aromatic carbocycles. The number of amides is 1. The van der Waals surface area contributed by atoms with Gasteiger partial charge in [0.25, 0.3) is 5.69 Å². The van der Waals surface area contributed by atoms with E-state index >= 15 is 0 Å². The van der Waals surface area contributed by atoms with Crippen LogP contribution in [-0.2, 0) is 4.79 Å². The van der Waals surface area contributed by atoms with Crippen molar-refractivity contribution in [1.29, 1.82) is 0 Å². The molecule has 1 aliphatic rings. The molecule has 0 bridgehead atoms. The zero-order chi connectivity index (χ0) is 20.5. The summed E-state index contributed by atoms with van der Waals surface area (Å²) in [6.07, 6.45) is 1.84. The lowest BCUT2D eigenvalue weighted by Gasteiger charge is -2.34. The van der Waals surface area contributed by atoms with Crippen LogP contribution >= 0.6 is 0 Å². The van der Waals surface area contributed by atoms with Crippen LogP contribution in [-0.4, -0.2) is 28.9 Å². The van der Waals surface area contributed by atoms with E-state index in [-0.39, 0.29) is 17.3 Å². The van der Waals surface area contributed by atoms with E-state index in [4.69, 9.17) is 0 Å². The van der Waals surface area contributed by atoms with E-state index in [1.165, 1.54) is 13.0 Å². The molecule has 150 valence electrons. The molecule has 2 N–H and O–H groups in total. The monoisotopic (exact) mass is 396 g/mol. The van der Waals surface area contributed by atoms with Gasteiger partial charge in [0, 0.05) is 37.1 Å². The van der Waals surface area contributed by atoms with E-state index in [2.05, 4.69) is 16.4 Å². The average molecular weight is 396 g/mol. The Hall–Kier alpha value is -3.42. The van der Waals surface area contributed by atoms with Crippen LogP contribution in [0.3, 0.4) is 0 Å². The third-order valence-electron chi connectivity index (χ3n) is 5.33. The van der Waals surface area contributed by atoms with Crippen LogP contribution in [0.4, 0.5) is 21.5 Å². The minimum atomic E-state index is -0.693. The highest BCUT2D eigenvalue weighted by atomic mass is 19.1. The molecule has 1 aliphatic heterocycles. The minimum absolute atomic E-state index is 0.00614. The first-order valence-corrected chi connectivity index (χ1v) is 9.50. The molecule has 1 fully saturated rings. The highest BCUT2D eigenvalue weighted by Crippen LogP contribution is 2.36. The molecule has 3 aromatic rings. The lowest BCUT2D eigenvalue weighted by molar-refractivity contribution is -0.384. The van der Waals surface area contributed by atoms with E-state index in [0.29, 0.717) is 13.1 Å². The normalized spacial score (nSPS) is 16.8. The fourth-order valence-electron chi connectivity index (χ4n) is 4.00. The fraction of sp³-hybridized carbons (Fsp3) is 0.286. The summed E-state index contributed by atoms with van der Waals surface area (Å²) in [4.78, 5) is 27.3. The lowest BCUT2D eigenvalue weighted by Crippen LogP contribution is -2.35. The van der Waals surface area contributed by atoms with Crippen molar-refractivity contribution in [3.05, 3.63) is 64.1 Å². The van der Waals surface area contributed by atoms with Gasteiger partial charge in [0.2, 0.25) is 5.91 Å². The second-order valence-electron chi connectivity index (χ2n) is 7.36. The Morgan fingerprint density at radius 2 is 2.10 bits per heavy atom. The summed E-state index contributed by atoms with van der Waals surface area (Å²) in [5.74, 6) is -0.918. The van der Waals surface area contributed by atoms with Crippen LogP contribution in [0.15, 0.2) is 42.5 Å². The van der Waals surface area contributed by atoms with Gasteiger partial charge in [-0.15, -0.1) is 0 Å². The highest BCUT2D eigenvalue weighted by Gasteiger charge is 2.27. The number of piperidine rings is 1. The van der Waals surface area contributed by atoms with Crippen molar-refractivity contribution in [3.63, 3.8) is 0 Å². The number of nitrogens with zero attached hydrogens (tertiary/aromatic N) is 2. The number of nitro benzene ring substituents is 1. The quantitative estimate of drug-likeness (QED) is 0.500. The van der Waals surface area contributed by atoms with Gasteiger partial charge in [-0.2, -0.15) is 0 Å². The second kappa shape index (κ2) is 7.54. The number of H-pyrrole nitrogens is 1. The Kier molecular flexibility index (Phi) is 4.92. The summed E-state index contributed by atoms with van der Waals surface area (Å²) in [5.41, 5.74) is 1.98. The number of para-hydroxylation sites is 1. The summed E-state index contributed by atoms with van der Waals surface area (Å²) < 4.78 is 14.7. The van der Waals surface area contributed by atoms with E-state index in [1.54, 1.807) is 0 Å². The number of nitro groups is 1. The van der Waals surface area contributed by atoms with Gasteiger partial charge in [-0.3, -0.25) is 14.9 Å². The Morgan fingerprint density at radius 1 is 1.31 bits per heavy atom. The lowest BCUT2D eigenvalue weighted by atomic mass is 9.94. The predicted molar refractivity (Wildman–Crippen MR) is 110 cm³/mol. The molecular formula is C21H21FN4O3. The summed E-state index contributed by atoms with van der Waals surface area (Å²) in [7, 11) is 0. The Morgan fingerprint density at radius 3 is 2.83 bits per heavy atom. The molecule has 0 saturated carbocycles. The van der Waals surface area contributed by atoms with E-state index in [9.17, 15) is 19.3 Å². The van der Waals surface area contributed by atoms with E-state index < -0.39 is 22.3 Å². The molecule has 7 nitrogen and oxygen atoms in total. The van der Waals surface area contributed by atoms with Crippen molar-refractivity contribution in [1.82, 2.24) is 4.98 Å². The Labute approximate surface area is 166 Å². The molecule has 29 heavy (non-hydrogen) atoms. The number of fused-ring (bicyclic) bond motifs is 1. The standard InChI is InChI=1S/C21H21FN4O3/c1-13(27)23-19-11-20(16(22)10-21(19)26(28)29)25-8-4-6-15(12-25)18-9-14-5-2-3-7-17(14)24-18/h2-3,5,7,9-11,15,24H,4,6,8,12H2,1H3,(H,23,27). The number of hydrogen-bond donors (Lipinski definition) is 2. The van der Waals surface area contributed by atoms with Gasteiger partial charge in [0.15, 0.2) is 5.82 Å². The predicted octanol–water partition coefficient (Wildman–Crippen LogP) is 4.56. The van der Waals surface area contributed by atoms with Crippen LogP contribution in [0.1, 0.15) is 31.4 Å². The smallest absolute Gasteiger partial charge is 0.295 e. The molecular weight excluding hydrogens is 375 g/mol. The molecule has 1 atom stereocenters. The largest absolute Gasteiger partial charge is 0.368 e. The number of hydrogen-bond acceptors (Lipinski definition) is 4. The molecule has 1 saturated heterocycles. The van der Waals surface area contributed by atoms with Gasteiger partial charge in [-0.05, 0) is 36.4 Å². The van der Waals surface area contributed by atoms with Gasteiger partial charge in [-0.25, -0.2) is 4.39 Å². The number of nitrogens with one attached hydrogen (secondary N) is 2. The second-order valence-corrected chi connectivity index (χ2v) is 7.36. The van der Waals surface area contributed by atoms with Crippen molar-refractivity contribution in [2.24, 2.45) is 0 Å². The molecule has 8 heteroatoms. The van der Waals surface area contributed by atoms with Gasteiger partial charge >= 0.3 is 0 Å². The molecule has 2 heterocycles. The average Bonchev–Trinajstić information content (AvgIpc) is 3.13. The number of benzene rings is 2. The first-order chi connectivity index (χ1) is 13.9. The van der Waals surface area contributed by atoms with Crippen molar-refractivity contribution in [2.45, 2.75) is 25.7 Å². The van der Waals surface area contributed by atoms with Gasteiger partial charge < -0.3 is 15.2 Å². The van der Waals surface area contributed by atoms with Crippen molar-refractivity contribution in [2.75, 3.05) is 23.3 Å². The molecule has 0 aliphatic carbocycles. The fourth-order valence-corrected chi connectivity index (χ4v) is 4.00. The van der Waals surface area contributed by atoms with E-state index in [0.717, 1.165) is 35.5 Å². The topological polar surface area (TPSA) is 91.3 Å². The molecule has 0 spiro atoms. The summed E-state index contributed by atoms with van der Waals surface area (Å²) in [6, 6.07) is 12.4. The molecule has 1 unspecified atom stereocenters. The van der Waals surface area contributed by atoms with E-state index in [1.807, 2.05) is 29.2 Å². The van der Waals surface area contributed by atoms with Crippen molar-refractivity contribution in [3.8, 4) is 0 Å². The Bertz CT molecular complexity index is 1060. The zero-order valence-corrected chi connectivity index (χ0v) is 15.9. The van der Waals surface area contributed by atoms with Gasteiger partial charge in [-0.1, -0.05) is 18.2 Å². The third kappa shape index (κ3) is 3.78. The maximum absolute atomic E-state index is 14.7. The number of aromatic nitrogens is 1. The number of halogens is 1. The van der Waals surface area contributed by atoms with Crippen LogP contribution in [0, 0.1) is 15.9 Å². The number of anilines is 2. The van der Waals surface area contributed by atoms with Crippen molar-refractivity contribution >= 4 is 33.9 Å². The summed E-state index contributed by atoms with van der Waals surface area (Å²) in [6.45, 7) is 2.49. The van der Waals surface area contributed by atoms with Crippen LogP contribution in [0.2, 0.25) is 0 Å². The number of carbonyl (C=O) groups excluding carboxylic acids is 1. The number of rotatable bonds is 4. The first kappa shape index (κ1) is 18.9. The molecule has 1 aromatic heterocycles. The molecule has 4 rings (SSSR count). The van der Waals surface area contributed by atoms with Crippen LogP contribution < -0.4 is 10.2 Å². The molecule has 1 amide bonds. The maximum Gasteiger partial charge on any atom is 0.295 e. The Balaban J connectivity index is 1.65. The zero-order valence-electron chi connectivity index (χ0n) is 15.9. The van der Waals surface area contributed by atoms with Crippen LogP contribution in [0.5, 0.6) is 0 Å². The first-order valence-electron chi connectivity index (χ1n) is 9.50. The van der Waals surface area contributed by atoms with Gasteiger partial charge in [0.1, 0.15) is 5.69 Å². The molecule has 0 radical (unpaired) electrons. The third-order valence-corrected chi connectivity index (χ3v) is 5.33. The number of carbonyl (C=O) groups is 1. The maximum atomic E-state index is 14.7. The van der Waals surface area contributed by atoms with Gasteiger partial charge in [0.05, 0.1) is 16.7 Å². The summed E-state index contributed by atoms with van der Waals surface area (Å²) in [5, 5.41) is 14.8. The highest BCUT2D eigenvalue weighted by molar-refractivity contribution is 5.92. The van der Waals surface area contributed by atoms with Crippen LogP contribution in [0.25, 0.3) is 10.9 Å².